The van der Waals surface area contributed by atoms with Crippen LogP contribution in [-0.2, 0) is 0 Å². The molecular formula is C16H13ClN2. The molecule has 0 radical (unpaired) electrons. The third-order valence-corrected chi connectivity index (χ3v) is 3.48. The summed E-state index contributed by atoms with van der Waals surface area (Å²) in [5.74, 6) is 0.673. The van der Waals surface area contributed by atoms with Gasteiger partial charge in [0.25, 0.3) is 0 Å². The summed E-state index contributed by atoms with van der Waals surface area (Å²) in [5, 5.41) is 1.40. The van der Waals surface area contributed by atoms with Crippen molar-refractivity contribution >= 4 is 22.5 Å². The second kappa shape index (κ2) is 4.63. The van der Waals surface area contributed by atoms with E-state index >= 15 is 0 Å². The minimum Gasteiger partial charge on any atom is -0.228 e. The minimum atomic E-state index is 0.504. The predicted molar refractivity (Wildman–Crippen MR) is 79.5 cm³/mol. The highest BCUT2D eigenvalue weighted by molar-refractivity contribution is 6.34. The summed E-state index contributed by atoms with van der Waals surface area (Å²) in [4.78, 5) is 9.04. The fourth-order valence-corrected chi connectivity index (χ4v) is 2.32. The Kier molecular flexibility index (Phi) is 2.96. The number of nitrogens with zero attached hydrogens (tertiary/aromatic N) is 2. The summed E-state index contributed by atoms with van der Waals surface area (Å²) < 4.78 is 0. The number of para-hydroxylation sites is 1. The Labute approximate surface area is 117 Å². The van der Waals surface area contributed by atoms with Crippen LogP contribution in [0, 0.1) is 13.8 Å². The topological polar surface area (TPSA) is 25.8 Å². The fourth-order valence-electron chi connectivity index (χ4n) is 2.09. The van der Waals surface area contributed by atoms with Crippen molar-refractivity contribution in [2.75, 3.05) is 0 Å². The van der Waals surface area contributed by atoms with Gasteiger partial charge in [0.05, 0.1) is 5.52 Å². The van der Waals surface area contributed by atoms with Gasteiger partial charge >= 0.3 is 0 Å². The van der Waals surface area contributed by atoms with Crippen LogP contribution in [0.3, 0.4) is 0 Å². The van der Waals surface area contributed by atoms with Gasteiger partial charge in [0.2, 0.25) is 0 Å². The van der Waals surface area contributed by atoms with E-state index < -0.39 is 0 Å². The van der Waals surface area contributed by atoms with Crippen LogP contribution in [0.15, 0.2) is 42.5 Å². The molecule has 0 atom stereocenters. The van der Waals surface area contributed by atoms with Crippen molar-refractivity contribution in [3.05, 3.63) is 58.7 Å². The molecule has 0 bridgehead atoms. The lowest BCUT2D eigenvalue weighted by Gasteiger charge is -2.06. The molecule has 0 saturated heterocycles. The zero-order valence-electron chi connectivity index (χ0n) is 10.8. The summed E-state index contributed by atoms with van der Waals surface area (Å²) in [6, 6.07) is 14.1. The predicted octanol–water partition coefficient (Wildman–Crippen LogP) is 4.57. The molecule has 0 amide bonds. The van der Waals surface area contributed by atoms with Gasteiger partial charge in [-0.25, -0.2) is 9.97 Å². The monoisotopic (exact) mass is 268 g/mol. The Morgan fingerprint density at radius 2 is 1.63 bits per heavy atom. The molecule has 0 spiro atoms. The fraction of sp³-hybridized carbons (Fsp3) is 0.125. The maximum absolute atomic E-state index is 6.26. The third-order valence-electron chi connectivity index (χ3n) is 3.19. The lowest BCUT2D eigenvalue weighted by atomic mass is 10.1. The molecule has 94 valence electrons. The van der Waals surface area contributed by atoms with Gasteiger partial charge in [-0.1, -0.05) is 53.6 Å². The van der Waals surface area contributed by atoms with Crippen LogP contribution in [0.5, 0.6) is 0 Å². The standard InChI is InChI=1S/C16H13ClN2/c1-10-6-8-12(9-7-10)16-18-14-11(2)4-3-5-13(14)15(17)19-16/h3-9H,1-2H3. The molecule has 19 heavy (non-hydrogen) atoms. The molecule has 0 aliphatic carbocycles. The first-order valence-electron chi connectivity index (χ1n) is 6.15. The molecule has 0 aliphatic rings. The second-order valence-electron chi connectivity index (χ2n) is 4.68. The van der Waals surface area contributed by atoms with Gasteiger partial charge in [-0.05, 0) is 25.5 Å². The Hall–Kier alpha value is -1.93. The van der Waals surface area contributed by atoms with E-state index in [4.69, 9.17) is 11.6 Å². The van der Waals surface area contributed by atoms with Gasteiger partial charge in [0, 0.05) is 10.9 Å². The van der Waals surface area contributed by atoms with Crippen LogP contribution in [0.1, 0.15) is 11.1 Å². The van der Waals surface area contributed by atoms with Gasteiger partial charge in [-0.2, -0.15) is 0 Å². The molecule has 0 fully saturated rings. The average molecular weight is 269 g/mol. The van der Waals surface area contributed by atoms with E-state index in [2.05, 4.69) is 29.0 Å². The van der Waals surface area contributed by atoms with Crippen molar-refractivity contribution in [1.82, 2.24) is 9.97 Å². The van der Waals surface area contributed by atoms with Crippen LogP contribution in [0.4, 0.5) is 0 Å². The van der Waals surface area contributed by atoms with E-state index in [-0.39, 0.29) is 0 Å². The number of halogens is 1. The highest BCUT2D eigenvalue weighted by Crippen LogP contribution is 2.26. The number of hydrogen-bond acceptors (Lipinski definition) is 2. The van der Waals surface area contributed by atoms with Crippen molar-refractivity contribution in [3.8, 4) is 11.4 Å². The van der Waals surface area contributed by atoms with Crippen LogP contribution in [0.25, 0.3) is 22.3 Å². The average Bonchev–Trinajstić information content (AvgIpc) is 2.41. The number of rotatable bonds is 1. The number of fused-ring (bicyclic) bond motifs is 1. The van der Waals surface area contributed by atoms with Gasteiger partial charge in [0.15, 0.2) is 5.82 Å². The maximum atomic E-state index is 6.26. The largest absolute Gasteiger partial charge is 0.228 e. The van der Waals surface area contributed by atoms with Crippen molar-refractivity contribution in [2.24, 2.45) is 0 Å². The number of hydrogen-bond donors (Lipinski definition) is 0. The van der Waals surface area contributed by atoms with Gasteiger partial charge in [-0.15, -0.1) is 0 Å². The summed E-state index contributed by atoms with van der Waals surface area (Å²) in [6.45, 7) is 4.09. The number of aryl methyl sites for hydroxylation is 2. The first kappa shape index (κ1) is 12.1. The normalized spacial score (nSPS) is 10.9. The van der Waals surface area contributed by atoms with Crippen molar-refractivity contribution in [3.63, 3.8) is 0 Å². The molecular weight excluding hydrogens is 256 g/mol. The van der Waals surface area contributed by atoms with Gasteiger partial charge in [0.1, 0.15) is 5.15 Å². The maximum Gasteiger partial charge on any atom is 0.161 e. The molecule has 1 heterocycles. The van der Waals surface area contributed by atoms with Crippen molar-refractivity contribution < 1.29 is 0 Å². The Bertz CT molecular complexity index is 749. The molecule has 0 N–H and O–H groups in total. The molecule has 0 saturated carbocycles. The third kappa shape index (κ3) is 2.20. The van der Waals surface area contributed by atoms with Crippen molar-refractivity contribution in [2.45, 2.75) is 13.8 Å². The van der Waals surface area contributed by atoms with E-state index in [9.17, 15) is 0 Å². The highest BCUT2D eigenvalue weighted by Gasteiger charge is 2.09. The Morgan fingerprint density at radius 3 is 2.37 bits per heavy atom. The Morgan fingerprint density at radius 1 is 0.895 bits per heavy atom. The van der Waals surface area contributed by atoms with Gasteiger partial charge < -0.3 is 0 Å². The molecule has 1 aromatic heterocycles. The van der Waals surface area contributed by atoms with E-state index in [1.807, 2.05) is 37.3 Å². The molecule has 3 heteroatoms. The first-order valence-corrected chi connectivity index (χ1v) is 6.53. The molecule has 2 nitrogen and oxygen atoms in total. The lowest BCUT2D eigenvalue weighted by molar-refractivity contribution is 1.21. The summed E-state index contributed by atoms with van der Waals surface area (Å²) >= 11 is 6.26. The minimum absolute atomic E-state index is 0.504. The van der Waals surface area contributed by atoms with Crippen LogP contribution in [-0.4, -0.2) is 9.97 Å². The zero-order valence-corrected chi connectivity index (χ0v) is 11.6. The first-order chi connectivity index (χ1) is 9.15. The van der Waals surface area contributed by atoms with Crippen LogP contribution >= 0.6 is 11.6 Å². The zero-order chi connectivity index (χ0) is 13.4. The summed E-state index contributed by atoms with van der Waals surface area (Å²) in [5.41, 5.74) is 4.22. The van der Waals surface area contributed by atoms with Gasteiger partial charge in [-0.3, -0.25) is 0 Å². The number of aromatic nitrogens is 2. The van der Waals surface area contributed by atoms with E-state index in [0.717, 1.165) is 22.0 Å². The molecule has 2 aromatic carbocycles. The quantitative estimate of drug-likeness (QED) is 0.604. The highest BCUT2D eigenvalue weighted by atomic mass is 35.5. The van der Waals surface area contributed by atoms with Crippen LogP contribution < -0.4 is 0 Å². The summed E-state index contributed by atoms with van der Waals surface area (Å²) in [7, 11) is 0. The Balaban J connectivity index is 2.25. The van der Waals surface area contributed by atoms with E-state index in [1.165, 1.54) is 5.56 Å². The van der Waals surface area contributed by atoms with E-state index in [1.54, 1.807) is 0 Å². The van der Waals surface area contributed by atoms with Crippen molar-refractivity contribution in [1.29, 1.82) is 0 Å². The second-order valence-corrected chi connectivity index (χ2v) is 5.03. The molecule has 3 aromatic rings. The molecule has 3 rings (SSSR count). The van der Waals surface area contributed by atoms with Crippen LogP contribution in [0.2, 0.25) is 5.15 Å². The smallest absolute Gasteiger partial charge is 0.161 e. The SMILES string of the molecule is Cc1ccc(-c2nc(Cl)c3cccc(C)c3n2)cc1. The van der Waals surface area contributed by atoms with E-state index in [0.29, 0.717) is 11.0 Å². The lowest BCUT2D eigenvalue weighted by Crippen LogP contribution is -1.93. The summed E-state index contributed by atoms with van der Waals surface area (Å²) in [6.07, 6.45) is 0. The molecule has 0 unspecified atom stereocenters. The molecule has 0 aliphatic heterocycles. The number of benzene rings is 2.